The fourth-order valence-corrected chi connectivity index (χ4v) is 5.43. The Bertz CT molecular complexity index is 1320. The van der Waals surface area contributed by atoms with Crippen molar-refractivity contribution in [2.24, 2.45) is 11.7 Å². The minimum Gasteiger partial charge on any atom is -0.478 e. The average molecular weight is 534 g/mol. The third-order valence-corrected chi connectivity index (χ3v) is 7.31. The van der Waals surface area contributed by atoms with Crippen molar-refractivity contribution in [1.29, 1.82) is 0 Å². The lowest BCUT2D eigenvalue weighted by Gasteiger charge is -2.33. The molecule has 0 fully saturated rings. The summed E-state index contributed by atoms with van der Waals surface area (Å²) in [6.45, 7) is 0. The highest BCUT2D eigenvalue weighted by molar-refractivity contribution is 7.99. The largest absolute Gasteiger partial charge is 0.478 e. The second-order valence-electron chi connectivity index (χ2n) is 8.88. The maximum atomic E-state index is 13.7. The van der Waals surface area contributed by atoms with Crippen molar-refractivity contribution in [3.05, 3.63) is 102 Å². The number of carbonyl (C=O) groups excluding carboxylic acids is 3. The molecule has 1 aliphatic rings. The molecule has 3 atom stereocenters. The minimum atomic E-state index is -2.17. The number of carboxylic acids is 1. The Kier molecular flexibility index (Phi) is 8.32. The Labute approximate surface area is 223 Å². The Balaban J connectivity index is 1.59. The van der Waals surface area contributed by atoms with Gasteiger partial charge in [-0.3, -0.25) is 9.59 Å². The summed E-state index contributed by atoms with van der Waals surface area (Å²) in [5.74, 6) is -3.90. The molecule has 0 saturated carbocycles. The number of amides is 2. The first-order valence-corrected chi connectivity index (χ1v) is 12.9. The van der Waals surface area contributed by atoms with Crippen LogP contribution < -0.4 is 16.4 Å². The maximum Gasteiger partial charge on any atom is 0.351 e. The average Bonchev–Trinajstić information content (AvgIpc) is 3.22. The molecule has 0 spiro atoms. The van der Waals surface area contributed by atoms with E-state index < -0.39 is 47.2 Å². The first-order valence-electron chi connectivity index (χ1n) is 11.9. The van der Waals surface area contributed by atoms with E-state index in [0.717, 1.165) is 11.1 Å². The number of thioether (sulfide) groups is 1. The van der Waals surface area contributed by atoms with Crippen LogP contribution in [-0.4, -0.2) is 40.3 Å². The summed E-state index contributed by atoms with van der Waals surface area (Å²) in [5.41, 5.74) is 5.09. The van der Waals surface area contributed by atoms with Crippen LogP contribution in [0.15, 0.2) is 84.9 Å². The van der Waals surface area contributed by atoms with Crippen molar-refractivity contribution in [2.75, 3.05) is 11.1 Å². The first-order chi connectivity index (χ1) is 18.3. The second kappa shape index (κ2) is 11.8. The van der Waals surface area contributed by atoms with Crippen molar-refractivity contribution in [3.8, 4) is 0 Å². The topological polar surface area (TPSA) is 148 Å². The molecule has 0 saturated heterocycles. The molecule has 0 aliphatic carbocycles. The van der Waals surface area contributed by atoms with Crippen molar-refractivity contribution >= 4 is 41.2 Å². The van der Waals surface area contributed by atoms with Gasteiger partial charge in [0.2, 0.25) is 17.5 Å². The summed E-state index contributed by atoms with van der Waals surface area (Å²) in [7, 11) is 0. The molecule has 0 radical (unpaired) electrons. The van der Waals surface area contributed by atoms with Gasteiger partial charge in [0.15, 0.2) is 5.44 Å². The fourth-order valence-electron chi connectivity index (χ4n) is 4.21. The van der Waals surface area contributed by atoms with Gasteiger partial charge in [-0.05, 0) is 30.2 Å². The van der Waals surface area contributed by atoms with E-state index in [1.807, 2.05) is 36.4 Å². The number of nitrogens with two attached hydrogens (primary N) is 1. The summed E-state index contributed by atoms with van der Waals surface area (Å²) in [5, 5.41) is 15.5. The van der Waals surface area contributed by atoms with E-state index in [1.54, 1.807) is 48.5 Å². The van der Waals surface area contributed by atoms with Crippen LogP contribution in [0.25, 0.3) is 0 Å². The molecule has 196 valence electrons. The number of carboxylic acid groups (broad SMARTS) is 1. The van der Waals surface area contributed by atoms with Crippen LogP contribution in [0.2, 0.25) is 0 Å². The molecule has 1 heterocycles. The summed E-state index contributed by atoms with van der Waals surface area (Å²) in [4.78, 5) is 50.3. The van der Waals surface area contributed by atoms with E-state index in [9.17, 15) is 24.3 Å². The number of para-hydroxylation sites is 1. The lowest BCUT2D eigenvalue weighted by molar-refractivity contribution is -0.148. The number of hydrogen-bond acceptors (Lipinski definition) is 7. The highest BCUT2D eigenvalue weighted by Crippen LogP contribution is 2.40. The van der Waals surface area contributed by atoms with E-state index in [1.165, 1.54) is 11.8 Å². The zero-order chi connectivity index (χ0) is 27.1. The third kappa shape index (κ3) is 6.33. The number of ether oxygens (including phenoxy) is 1. The zero-order valence-electron chi connectivity index (χ0n) is 20.3. The number of cyclic esters (lactones) is 1. The summed E-state index contributed by atoms with van der Waals surface area (Å²) in [6, 6.07) is 24.7. The number of anilines is 1. The molecule has 3 aromatic carbocycles. The maximum absolute atomic E-state index is 13.7. The third-order valence-electron chi connectivity index (χ3n) is 6.07. The van der Waals surface area contributed by atoms with Gasteiger partial charge in [-0.2, -0.15) is 0 Å². The van der Waals surface area contributed by atoms with Crippen molar-refractivity contribution in [2.45, 2.75) is 23.9 Å². The summed E-state index contributed by atoms with van der Waals surface area (Å²) < 4.78 is 5.51. The van der Waals surface area contributed by atoms with Crippen LogP contribution in [0.5, 0.6) is 0 Å². The predicted molar refractivity (Wildman–Crippen MR) is 143 cm³/mol. The van der Waals surface area contributed by atoms with Crippen LogP contribution in [0.4, 0.5) is 5.69 Å². The van der Waals surface area contributed by atoms with Gasteiger partial charge in [0.25, 0.3) is 0 Å². The normalized spacial score (nSPS) is 16.4. The lowest BCUT2D eigenvalue weighted by Crippen LogP contribution is -2.63. The number of fused-ring (bicyclic) bond motifs is 1. The highest BCUT2D eigenvalue weighted by Gasteiger charge is 2.43. The Morgan fingerprint density at radius 2 is 1.61 bits per heavy atom. The van der Waals surface area contributed by atoms with Crippen LogP contribution in [0.1, 0.15) is 33.3 Å². The molecule has 2 amide bonds. The second-order valence-corrected chi connectivity index (χ2v) is 9.97. The fraction of sp³-hybridized carbons (Fsp3) is 0.214. The van der Waals surface area contributed by atoms with E-state index in [-0.39, 0.29) is 5.75 Å². The van der Waals surface area contributed by atoms with Crippen molar-refractivity contribution < 1.29 is 29.0 Å². The van der Waals surface area contributed by atoms with Crippen LogP contribution in [0, 0.1) is 5.92 Å². The van der Waals surface area contributed by atoms with Crippen molar-refractivity contribution in [1.82, 2.24) is 5.32 Å². The highest BCUT2D eigenvalue weighted by atomic mass is 32.2. The number of aliphatic carboxylic acids is 1. The summed E-state index contributed by atoms with van der Waals surface area (Å²) >= 11 is 1.28. The molecule has 1 aliphatic heterocycles. The van der Waals surface area contributed by atoms with Crippen LogP contribution in [-0.2, 0) is 25.5 Å². The van der Waals surface area contributed by atoms with E-state index >= 15 is 0 Å². The molecule has 38 heavy (non-hydrogen) atoms. The van der Waals surface area contributed by atoms with E-state index in [4.69, 9.17) is 10.5 Å². The molecule has 3 aromatic rings. The zero-order valence-corrected chi connectivity index (χ0v) is 21.1. The SMILES string of the molecule is NC(=O)C[C@@](NC(=O)C(CSC1OC(=O)c2ccccc21)Cc1ccccc1)(Nc1ccccc1)C(=O)O. The monoisotopic (exact) mass is 533 g/mol. The van der Waals surface area contributed by atoms with Gasteiger partial charge >= 0.3 is 11.9 Å². The van der Waals surface area contributed by atoms with Gasteiger partial charge in [0, 0.05) is 17.0 Å². The van der Waals surface area contributed by atoms with Crippen LogP contribution >= 0.6 is 11.8 Å². The molecule has 0 bridgehead atoms. The molecule has 4 rings (SSSR count). The number of rotatable bonds is 12. The lowest BCUT2D eigenvalue weighted by atomic mass is 9.97. The Morgan fingerprint density at radius 3 is 2.26 bits per heavy atom. The van der Waals surface area contributed by atoms with E-state index in [2.05, 4.69) is 10.6 Å². The molecular weight excluding hydrogens is 506 g/mol. The molecular formula is C28H27N3O6S. The minimum absolute atomic E-state index is 0.213. The molecule has 9 nitrogen and oxygen atoms in total. The van der Waals surface area contributed by atoms with Crippen LogP contribution in [0.3, 0.4) is 0 Å². The van der Waals surface area contributed by atoms with Gasteiger partial charge in [-0.15, -0.1) is 11.8 Å². The molecule has 10 heteroatoms. The van der Waals surface area contributed by atoms with Gasteiger partial charge in [-0.25, -0.2) is 9.59 Å². The number of nitrogens with one attached hydrogen (secondary N) is 2. The molecule has 0 aromatic heterocycles. The quantitative estimate of drug-likeness (QED) is 0.205. The number of hydrogen-bond donors (Lipinski definition) is 4. The number of carbonyl (C=O) groups is 4. The van der Waals surface area contributed by atoms with Gasteiger partial charge in [-0.1, -0.05) is 66.7 Å². The van der Waals surface area contributed by atoms with Gasteiger partial charge in [0.05, 0.1) is 17.9 Å². The number of primary amides is 1. The van der Waals surface area contributed by atoms with Gasteiger partial charge < -0.3 is 26.2 Å². The Morgan fingerprint density at radius 1 is 0.974 bits per heavy atom. The molecule has 5 N–H and O–H groups in total. The van der Waals surface area contributed by atoms with E-state index in [0.29, 0.717) is 17.7 Å². The number of esters is 1. The summed E-state index contributed by atoms with van der Waals surface area (Å²) in [6.07, 6.45) is -0.388. The first kappa shape index (κ1) is 26.7. The standard InChI is InChI=1S/C28H27N3O6S/c29-23(32)16-28(27(35)36,30-20-11-5-2-6-12-20)31-24(33)19(15-18-9-3-1-4-10-18)17-38-26-22-14-8-7-13-21(22)25(34)37-26/h1-14,19,26,30H,15-17H2,(H2,29,32)(H,31,33)(H,35,36)/t19?,26?,28-/m0/s1. The predicted octanol–water partition coefficient (Wildman–Crippen LogP) is 3.33. The molecule has 2 unspecified atom stereocenters. The Hall–Kier alpha value is -4.31. The van der Waals surface area contributed by atoms with Gasteiger partial charge in [0.1, 0.15) is 0 Å². The number of benzene rings is 3. The van der Waals surface area contributed by atoms with Crippen molar-refractivity contribution in [3.63, 3.8) is 0 Å². The smallest absolute Gasteiger partial charge is 0.351 e.